The van der Waals surface area contributed by atoms with Gasteiger partial charge in [-0.1, -0.05) is 33.1 Å². The van der Waals surface area contributed by atoms with E-state index in [2.05, 4.69) is 6.92 Å². The zero-order valence-corrected chi connectivity index (χ0v) is 8.62. The first-order valence-electron chi connectivity index (χ1n) is 5.38. The molecule has 0 heterocycles. The van der Waals surface area contributed by atoms with Crippen molar-refractivity contribution in [3.8, 4) is 0 Å². The summed E-state index contributed by atoms with van der Waals surface area (Å²) < 4.78 is 0. The minimum absolute atomic E-state index is 0.137. The zero-order valence-electron chi connectivity index (χ0n) is 8.62. The minimum Gasteiger partial charge on any atom is -0.481 e. The van der Waals surface area contributed by atoms with Crippen LogP contribution >= 0.6 is 0 Å². The number of carboxylic acid groups (broad SMARTS) is 1. The van der Waals surface area contributed by atoms with Crippen molar-refractivity contribution >= 4 is 5.97 Å². The topological polar surface area (TPSA) is 37.3 Å². The summed E-state index contributed by atoms with van der Waals surface area (Å²) in [7, 11) is 0. The number of hydrogen-bond acceptors (Lipinski definition) is 1. The van der Waals surface area contributed by atoms with Crippen LogP contribution in [0.25, 0.3) is 0 Å². The lowest BCUT2D eigenvalue weighted by Gasteiger charge is -2.14. The van der Waals surface area contributed by atoms with E-state index < -0.39 is 5.97 Å². The van der Waals surface area contributed by atoms with Gasteiger partial charge in [0.15, 0.2) is 0 Å². The monoisotopic (exact) mass is 184 g/mol. The van der Waals surface area contributed by atoms with Crippen LogP contribution in [-0.2, 0) is 4.79 Å². The second kappa shape index (κ2) is 4.64. The van der Waals surface area contributed by atoms with Crippen molar-refractivity contribution in [2.75, 3.05) is 0 Å². The van der Waals surface area contributed by atoms with E-state index in [1.165, 1.54) is 19.3 Å². The summed E-state index contributed by atoms with van der Waals surface area (Å²) in [6, 6.07) is 0. The van der Waals surface area contributed by atoms with E-state index in [1.807, 2.05) is 6.92 Å². The molecule has 0 spiro atoms. The molecule has 0 amide bonds. The van der Waals surface area contributed by atoms with Crippen LogP contribution in [-0.4, -0.2) is 11.1 Å². The van der Waals surface area contributed by atoms with E-state index >= 15 is 0 Å². The molecule has 76 valence electrons. The molecule has 0 aliphatic heterocycles. The van der Waals surface area contributed by atoms with Gasteiger partial charge in [0.1, 0.15) is 0 Å². The van der Waals surface area contributed by atoms with Crippen molar-refractivity contribution in [1.29, 1.82) is 0 Å². The van der Waals surface area contributed by atoms with Gasteiger partial charge < -0.3 is 5.11 Å². The molecule has 0 aromatic heterocycles. The van der Waals surface area contributed by atoms with E-state index in [0.29, 0.717) is 5.92 Å². The van der Waals surface area contributed by atoms with Gasteiger partial charge in [-0.3, -0.25) is 4.79 Å². The molecule has 1 fully saturated rings. The molecule has 1 N–H and O–H groups in total. The molecule has 2 heteroatoms. The maximum Gasteiger partial charge on any atom is 0.306 e. The predicted octanol–water partition coefficient (Wildman–Crippen LogP) is 2.92. The average Bonchev–Trinajstić information content (AvgIpc) is 2.52. The standard InChI is InChI=1S/C11H20O2/c1-3-4-9-5-6-10(7-9)8(2)11(12)13/h8-10H,3-7H2,1-2H3,(H,12,13). The molecule has 0 radical (unpaired) electrons. The summed E-state index contributed by atoms with van der Waals surface area (Å²) in [5.41, 5.74) is 0. The average molecular weight is 184 g/mol. The first-order chi connectivity index (χ1) is 6.15. The molecule has 3 atom stereocenters. The fourth-order valence-electron chi connectivity index (χ4n) is 2.44. The Labute approximate surface area is 80.3 Å². The summed E-state index contributed by atoms with van der Waals surface area (Å²) in [4.78, 5) is 10.8. The second-order valence-corrected chi connectivity index (χ2v) is 4.35. The summed E-state index contributed by atoms with van der Waals surface area (Å²) in [6.45, 7) is 4.05. The minimum atomic E-state index is -0.623. The third-order valence-electron chi connectivity index (χ3n) is 3.38. The van der Waals surface area contributed by atoms with Crippen molar-refractivity contribution < 1.29 is 9.90 Å². The van der Waals surface area contributed by atoms with Gasteiger partial charge in [-0.15, -0.1) is 0 Å². The molecule has 1 aliphatic carbocycles. The number of carboxylic acids is 1. The van der Waals surface area contributed by atoms with Crippen LogP contribution in [0.15, 0.2) is 0 Å². The van der Waals surface area contributed by atoms with Crippen LogP contribution in [0.3, 0.4) is 0 Å². The second-order valence-electron chi connectivity index (χ2n) is 4.35. The molecule has 2 nitrogen and oxygen atoms in total. The number of aliphatic carboxylic acids is 1. The molecule has 1 rings (SSSR count). The van der Waals surface area contributed by atoms with Gasteiger partial charge in [0.05, 0.1) is 5.92 Å². The van der Waals surface area contributed by atoms with E-state index in [4.69, 9.17) is 5.11 Å². The molecule has 1 aliphatic rings. The third kappa shape index (κ3) is 2.71. The highest BCUT2D eigenvalue weighted by Gasteiger charge is 2.31. The Morgan fingerprint density at radius 1 is 1.54 bits per heavy atom. The number of hydrogen-bond donors (Lipinski definition) is 1. The molecule has 0 saturated heterocycles. The van der Waals surface area contributed by atoms with Crippen molar-refractivity contribution in [2.45, 2.75) is 46.0 Å². The largest absolute Gasteiger partial charge is 0.481 e. The van der Waals surface area contributed by atoms with Crippen molar-refractivity contribution in [2.24, 2.45) is 17.8 Å². The fraction of sp³-hybridized carbons (Fsp3) is 0.909. The van der Waals surface area contributed by atoms with Gasteiger partial charge >= 0.3 is 5.97 Å². The highest BCUT2D eigenvalue weighted by Crippen LogP contribution is 2.37. The quantitative estimate of drug-likeness (QED) is 0.729. The molecule has 3 unspecified atom stereocenters. The Kier molecular flexibility index (Phi) is 3.76. The molecule has 0 aromatic rings. The van der Waals surface area contributed by atoms with Gasteiger partial charge in [0.25, 0.3) is 0 Å². The first kappa shape index (κ1) is 10.6. The molecule has 0 bridgehead atoms. The van der Waals surface area contributed by atoms with E-state index in [-0.39, 0.29) is 5.92 Å². The van der Waals surface area contributed by atoms with Crippen LogP contribution in [0.1, 0.15) is 46.0 Å². The Balaban J connectivity index is 2.36. The van der Waals surface area contributed by atoms with Crippen molar-refractivity contribution in [1.82, 2.24) is 0 Å². The molecular formula is C11H20O2. The number of carbonyl (C=O) groups is 1. The van der Waals surface area contributed by atoms with Gasteiger partial charge in [-0.2, -0.15) is 0 Å². The van der Waals surface area contributed by atoms with Crippen LogP contribution in [0.4, 0.5) is 0 Å². The smallest absolute Gasteiger partial charge is 0.306 e. The molecule has 1 saturated carbocycles. The Hall–Kier alpha value is -0.530. The van der Waals surface area contributed by atoms with E-state index in [1.54, 1.807) is 0 Å². The summed E-state index contributed by atoms with van der Waals surface area (Å²) in [5, 5.41) is 8.86. The highest BCUT2D eigenvalue weighted by atomic mass is 16.4. The van der Waals surface area contributed by atoms with E-state index in [0.717, 1.165) is 18.8 Å². The van der Waals surface area contributed by atoms with Crippen molar-refractivity contribution in [3.63, 3.8) is 0 Å². The molecular weight excluding hydrogens is 164 g/mol. The lowest BCUT2D eigenvalue weighted by Crippen LogP contribution is -2.18. The Morgan fingerprint density at radius 2 is 2.23 bits per heavy atom. The predicted molar refractivity (Wildman–Crippen MR) is 52.5 cm³/mol. The zero-order chi connectivity index (χ0) is 9.84. The fourth-order valence-corrected chi connectivity index (χ4v) is 2.44. The summed E-state index contributed by atoms with van der Waals surface area (Å²) in [5.74, 6) is 0.481. The maximum absolute atomic E-state index is 10.8. The summed E-state index contributed by atoms with van der Waals surface area (Å²) in [6.07, 6.45) is 6.03. The van der Waals surface area contributed by atoms with Gasteiger partial charge in [0.2, 0.25) is 0 Å². The number of rotatable bonds is 4. The van der Waals surface area contributed by atoms with Crippen LogP contribution in [0, 0.1) is 17.8 Å². The Bertz CT molecular complexity index is 177. The van der Waals surface area contributed by atoms with Crippen LogP contribution in [0.2, 0.25) is 0 Å². The highest BCUT2D eigenvalue weighted by molar-refractivity contribution is 5.69. The SMILES string of the molecule is CCCC1CCC(C(C)C(=O)O)C1. The lowest BCUT2D eigenvalue weighted by molar-refractivity contribution is -0.142. The lowest BCUT2D eigenvalue weighted by atomic mass is 9.91. The van der Waals surface area contributed by atoms with Crippen LogP contribution in [0.5, 0.6) is 0 Å². The first-order valence-corrected chi connectivity index (χ1v) is 5.38. The van der Waals surface area contributed by atoms with Crippen molar-refractivity contribution in [3.05, 3.63) is 0 Å². The van der Waals surface area contributed by atoms with Gasteiger partial charge in [-0.25, -0.2) is 0 Å². The van der Waals surface area contributed by atoms with Crippen LogP contribution < -0.4 is 0 Å². The molecule has 0 aromatic carbocycles. The maximum atomic E-state index is 10.8. The third-order valence-corrected chi connectivity index (χ3v) is 3.38. The summed E-state index contributed by atoms with van der Waals surface area (Å²) >= 11 is 0. The normalized spacial score (nSPS) is 30.3. The van der Waals surface area contributed by atoms with E-state index in [9.17, 15) is 4.79 Å². The molecule has 13 heavy (non-hydrogen) atoms. The Morgan fingerprint density at radius 3 is 2.77 bits per heavy atom. The van der Waals surface area contributed by atoms with Gasteiger partial charge in [-0.05, 0) is 24.7 Å². The van der Waals surface area contributed by atoms with Gasteiger partial charge in [0, 0.05) is 0 Å².